The van der Waals surface area contributed by atoms with Crippen LogP contribution in [-0.4, -0.2) is 52.9 Å². The van der Waals surface area contributed by atoms with Gasteiger partial charge in [0.05, 0.1) is 19.4 Å². The SMILES string of the molecule is CCN(Cc1cnn(C)c1)C(=O)CC1COCCN1.Cl.Cl. The number of nitrogens with zero attached hydrogens (tertiary/aromatic N) is 3. The molecular weight excluding hydrogens is 315 g/mol. The number of hydrogen-bond acceptors (Lipinski definition) is 4. The molecule has 0 bridgehead atoms. The van der Waals surface area contributed by atoms with Crippen LogP contribution in [0.5, 0.6) is 0 Å². The summed E-state index contributed by atoms with van der Waals surface area (Å²) in [4.78, 5) is 14.1. The topological polar surface area (TPSA) is 59.4 Å². The number of aryl methyl sites for hydroxylation is 1. The van der Waals surface area contributed by atoms with E-state index in [0.29, 0.717) is 26.1 Å². The van der Waals surface area contributed by atoms with Crippen molar-refractivity contribution in [1.82, 2.24) is 20.0 Å². The lowest BCUT2D eigenvalue weighted by atomic mass is 10.1. The van der Waals surface area contributed by atoms with Gasteiger partial charge < -0.3 is 15.0 Å². The van der Waals surface area contributed by atoms with Crippen molar-refractivity contribution in [3.63, 3.8) is 0 Å². The largest absolute Gasteiger partial charge is 0.378 e. The van der Waals surface area contributed by atoms with Gasteiger partial charge in [0, 0.05) is 50.9 Å². The molecular formula is C13H24Cl2N4O2. The maximum absolute atomic E-state index is 12.3. The average molecular weight is 339 g/mol. The van der Waals surface area contributed by atoms with Crippen LogP contribution in [0.4, 0.5) is 0 Å². The fourth-order valence-corrected chi connectivity index (χ4v) is 2.24. The smallest absolute Gasteiger partial charge is 0.224 e. The fourth-order valence-electron chi connectivity index (χ4n) is 2.24. The van der Waals surface area contributed by atoms with Crippen molar-refractivity contribution in [2.75, 3.05) is 26.3 Å². The van der Waals surface area contributed by atoms with Crippen molar-refractivity contribution in [1.29, 1.82) is 0 Å². The second-order valence-electron chi connectivity index (χ2n) is 4.86. The van der Waals surface area contributed by atoms with Gasteiger partial charge in [-0.3, -0.25) is 9.48 Å². The van der Waals surface area contributed by atoms with Gasteiger partial charge >= 0.3 is 0 Å². The van der Waals surface area contributed by atoms with E-state index in [9.17, 15) is 4.79 Å². The summed E-state index contributed by atoms with van der Waals surface area (Å²) in [6.07, 6.45) is 4.24. The van der Waals surface area contributed by atoms with Gasteiger partial charge in [0.25, 0.3) is 0 Å². The van der Waals surface area contributed by atoms with Gasteiger partial charge in [0.1, 0.15) is 0 Å². The zero-order valence-electron chi connectivity index (χ0n) is 12.4. The molecule has 8 heteroatoms. The third-order valence-electron chi connectivity index (χ3n) is 3.29. The summed E-state index contributed by atoms with van der Waals surface area (Å²) < 4.78 is 7.13. The fraction of sp³-hybridized carbons (Fsp3) is 0.692. The number of rotatable bonds is 5. The summed E-state index contributed by atoms with van der Waals surface area (Å²) in [5, 5.41) is 7.43. The van der Waals surface area contributed by atoms with Gasteiger partial charge in [-0.15, -0.1) is 24.8 Å². The van der Waals surface area contributed by atoms with Crippen LogP contribution >= 0.6 is 24.8 Å². The summed E-state index contributed by atoms with van der Waals surface area (Å²) >= 11 is 0. The molecule has 122 valence electrons. The minimum atomic E-state index is 0. The molecule has 6 nitrogen and oxygen atoms in total. The first-order valence-electron chi connectivity index (χ1n) is 6.75. The van der Waals surface area contributed by atoms with Crippen molar-refractivity contribution in [2.45, 2.75) is 25.9 Å². The van der Waals surface area contributed by atoms with E-state index in [4.69, 9.17) is 4.74 Å². The molecule has 1 aliphatic rings. The van der Waals surface area contributed by atoms with Crippen LogP contribution in [0, 0.1) is 0 Å². The Balaban J connectivity index is 0.00000200. The Morgan fingerprint density at radius 3 is 2.86 bits per heavy atom. The van der Waals surface area contributed by atoms with E-state index in [-0.39, 0.29) is 36.8 Å². The predicted octanol–water partition coefficient (Wildman–Crippen LogP) is 0.991. The van der Waals surface area contributed by atoms with Crippen molar-refractivity contribution in [3.05, 3.63) is 18.0 Å². The highest BCUT2D eigenvalue weighted by molar-refractivity contribution is 5.85. The molecule has 0 radical (unpaired) electrons. The summed E-state index contributed by atoms with van der Waals surface area (Å²) in [6, 6.07) is 0.143. The lowest BCUT2D eigenvalue weighted by Gasteiger charge is -2.26. The van der Waals surface area contributed by atoms with Gasteiger partial charge in [0.15, 0.2) is 0 Å². The Morgan fingerprint density at radius 2 is 2.33 bits per heavy atom. The lowest BCUT2D eigenvalue weighted by molar-refractivity contribution is -0.132. The van der Waals surface area contributed by atoms with Gasteiger partial charge in [0.2, 0.25) is 5.91 Å². The Hall–Kier alpha value is -0.820. The third-order valence-corrected chi connectivity index (χ3v) is 3.29. The number of carbonyl (C=O) groups is 1. The molecule has 1 saturated heterocycles. The summed E-state index contributed by atoms with van der Waals surface area (Å²) in [5.74, 6) is 0.161. The Bertz CT molecular complexity index is 422. The molecule has 2 heterocycles. The van der Waals surface area contributed by atoms with Crippen molar-refractivity contribution < 1.29 is 9.53 Å². The summed E-state index contributed by atoms with van der Waals surface area (Å²) in [7, 11) is 1.88. The van der Waals surface area contributed by atoms with E-state index >= 15 is 0 Å². The molecule has 1 aliphatic heterocycles. The maximum atomic E-state index is 12.3. The number of morpholine rings is 1. The number of amides is 1. The molecule has 1 N–H and O–H groups in total. The van der Waals surface area contributed by atoms with Crippen LogP contribution in [0.25, 0.3) is 0 Å². The quantitative estimate of drug-likeness (QED) is 0.869. The number of carbonyl (C=O) groups excluding carboxylic acids is 1. The normalized spacial score (nSPS) is 17.5. The molecule has 1 aromatic heterocycles. The van der Waals surface area contributed by atoms with Crippen LogP contribution in [0.15, 0.2) is 12.4 Å². The van der Waals surface area contributed by atoms with Crippen LogP contribution in [0.2, 0.25) is 0 Å². The maximum Gasteiger partial charge on any atom is 0.224 e. The van der Waals surface area contributed by atoms with E-state index in [2.05, 4.69) is 10.4 Å². The number of aromatic nitrogens is 2. The van der Waals surface area contributed by atoms with E-state index in [1.807, 2.05) is 25.1 Å². The number of nitrogens with one attached hydrogen (secondary N) is 1. The number of ether oxygens (including phenoxy) is 1. The lowest BCUT2D eigenvalue weighted by Crippen LogP contribution is -2.45. The van der Waals surface area contributed by atoms with Crippen LogP contribution in [0.3, 0.4) is 0 Å². The molecule has 2 rings (SSSR count). The zero-order chi connectivity index (χ0) is 13.7. The Labute approximate surface area is 138 Å². The monoisotopic (exact) mass is 338 g/mol. The first kappa shape index (κ1) is 20.2. The van der Waals surface area contributed by atoms with Crippen LogP contribution < -0.4 is 5.32 Å². The van der Waals surface area contributed by atoms with E-state index in [1.54, 1.807) is 10.9 Å². The van der Waals surface area contributed by atoms with Gasteiger partial charge in [-0.05, 0) is 6.92 Å². The second kappa shape index (κ2) is 10.00. The van der Waals surface area contributed by atoms with Crippen LogP contribution in [-0.2, 0) is 23.1 Å². The van der Waals surface area contributed by atoms with E-state index < -0.39 is 0 Å². The molecule has 0 aliphatic carbocycles. The number of hydrogen-bond donors (Lipinski definition) is 1. The molecule has 0 aromatic carbocycles. The van der Waals surface area contributed by atoms with E-state index in [1.165, 1.54) is 0 Å². The Kier molecular flexibility index (Phi) is 9.61. The number of halogens is 2. The average Bonchev–Trinajstić information content (AvgIpc) is 2.82. The third kappa shape index (κ3) is 6.22. The van der Waals surface area contributed by atoms with Gasteiger partial charge in [-0.2, -0.15) is 5.10 Å². The second-order valence-corrected chi connectivity index (χ2v) is 4.86. The van der Waals surface area contributed by atoms with Crippen LogP contribution in [0.1, 0.15) is 18.9 Å². The van der Waals surface area contributed by atoms with Gasteiger partial charge in [-0.1, -0.05) is 0 Å². The molecule has 1 fully saturated rings. The van der Waals surface area contributed by atoms with Crippen molar-refractivity contribution in [3.8, 4) is 0 Å². The Morgan fingerprint density at radius 1 is 1.57 bits per heavy atom. The molecule has 1 unspecified atom stereocenters. The summed E-state index contributed by atoms with van der Waals surface area (Å²) in [5.41, 5.74) is 1.06. The first-order valence-corrected chi connectivity index (χ1v) is 6.75. The van der Waals surface area contributed by atoms with E-state index in [0.717, 1.165) is 18.7 Å². The minimum Gasteiger partial charge on any atom is -0.378 e. The molecule has 1 aromatic rings. The highest BCUT2D eigenvalue weighted by Gasteiger charge is 2.20. The standard InChI is InChI=1S/C13H22N4O2.2ClH/c1-3-17(9-11-7-15-16(2)8-11)13(18)6-12-10-19-5-4-14-12;;/h7-8,12,14H,3-6,9-10H2,1-2H3;2*1H. The van der Waals surface area contributed by atoms with Crippen molar-refractivity contribution >= 4 is 30.7 Å². The predicted molar refractivity (Wildman–Crippen MR) is 86.0 cm³/mol. The first-order chi connectivity index (χ1) is 9.19. The van der Waals surface area contributed by atoms with Crippen molar-refractivity contribution in [2.24, 2.45) is 7.05 Å². The highest BCUT2D eigenvalue weighted by Crippen LogP contribution is 2.07. The highest BCUT2D eigenvalue weighted by atomic mass is 35.5. The minimum absolute atomic E-state index is 0. The molecule has 0 spiro atoms. The molecule has 1 atom stereocenters. The molecule has 21 heavy (non-hydrogen) atoms. The zero-order valence-corrected chi connectivity index (χ0v) is 14.1. The molecule has 0 saturated carbocycles. The molecule has 1 amide bonds. The van der Waals surface area contributed by atoms with Gasteiger partial charge in [-0.25, -0.2) is 0 Å². The summed E-state index contributed by atoms with van der Waals surface area (Å²) in [6.45, 7) is 5.51.